The topological polar surface area (TPSA) is 86.1 Å². The molecule has 0 atom stereocenters. The number of halogens is 1. The van der Waals surface area contributed by atoms with Crippen molar-refractivity contribution in [2.75, 3.05) is 50.7 Å². The van der Waals surface area contributed by atoms with Crippen molar-refractivity contribution in [2.45, 2.75) is 0 Å². The van der Waals surface area contributed by atoms with E-state index in [0.717, 1.165) is 0 Å². The van der Waals surface area contributed by atoms with Crippen LogP contribution in [0, 0.1) is 0 Å². The van der Waals surface area contributed by atoms with Crippen LogP contribution >= 0.6 is 11.6 Å². The van der Waals surface area contributed by atoms with Crippen molar-refractivity contribution in [1.29, 1.82) is 0 Å². The summed E-state index contributed by atoms with van der Waals surface area (Å²) in [6, 6.07) is 4.75. The Bertz CT molecular complexity index is 758. The molecule has 1 fully saturated rings. The molecule has 0 saturated carbocycles. The number of rotatable bonds is 5. The minimum atomic E-state index is -0.425. The molecular weight excluding hydrogens is 350 g/mol. The molecule has 0 spiro atoms. The lowest BCUT2D eigenvalue weighted by atomic mass is 10.2. The zero-order valence-corrected chi connectivity index (χ0v) is 14.6. The highest BCUT2D eigenvalue weighted by molar-refractivity contribution is 6.32. The fourth-order valence-electron chi connectivity index (χ4n) is 2.45. The molecule has 0 radical (unpaired) electrons. The van der Waals surface area contributed by atoms with Crippen LogP contribution in [0.2, 0.25) is 5.02 Å². The number of carbonyl (C=O) groups is 1. The summed E-state index contributed by atoms with van der Waals surface area (Å²) < 4.78 is 21.0. The van der Waals surface area contributed by atoms with Crippen LogP contribution in [0.1, 0.15) is 10.5 Å². The predicted octanol–water partition coefficient (Wildman–Crippen LogP) is 2.43. The summed E-state index contributed by atoms with van der Waals surface area (Å²) in [5, 5.41) is 6.95. The van der Waals surface area contributed by atoms with Crippen LogP contribution in [-0.2, 0) is 4.74 Å². The molecule has 1 amide bonds. The second-order valence-corrected chi connectivity index (χ2v) is 5.70. The van der Waals surface area contributed by atoms with Gasteiger partial charge in [0.05, 0.1) is 38.1 Å². The Morgan fingerprint density at radius 2 is 1.92 bits per heavy atom. The van der Waals surface area contributed by atoms with Crippen LogP contribution in [0.3, 0.4) is 0 Å². The molecule has 25 heavy (non-hydrogen) atoms. The number of morpholine rings is 1. The third-order valence-corrected chi connectivity index (χ3v) is 4.07. The number of amides is 1. The maximum atomic E-state index is 12.5. The number of anilines is 2. The molecule has 2 aromatic rings. The molecule has 2 heterocycles. The molecule has 1 aromatic heterocycles. The average molecular weight is 368 g/mol. The monoisotopic (exact) mass is 367 g/mol. The van der Waals surface area contributed by atoms with E-state index in [1.807, 2.05) is 4.90 Å². The second kappa shape index (κ2) is 7.62. The standard InChI is InChI=1S/C16H18ClN3O5/c1-22-13-8-11(14(23-2)7-10(13)17)18-16(21)12-9-15(25-19-12)20-3-5-24-6-4-20/h7-9H,3-6H2,1-2H3,(H,18,21). The lowest BCUT2D eigenvalue weighted by Gasteiger charge is -2.25. The Morgan fingerprint density at radius 1 is 1.20 bits per heavy atom. The summed E-state index contributed by atoms with van der Waals surface area (Å²) in [5.74, 6) is 0.947. The second-order valence-electron chi connectivity index (χ2n) is 5.29. The van der Waals surface area contributed by atoms with Crippen molar-refractivity contribution in [3.63, 3.8) is 0 Å². The van der Waals surface area contributed by atoms with E-state index in [-0.39, 0.29) is 5.69 Å². The summed E-state index contributed by atoms with van der Waals surface area (Å²) in [6.45, 7) is 2.62. The number of hydrogen-bond acceptors (Lipinski definition) is 7. The van der Waals surface area contributed by atoms with E-state index < -0.39 is 5.91 Å². The Kier molecular flexibility index (Phi) is 5.30. The molecule has 1 N–H and O–H groups in total. The van der Waals surface area contributed by atoms with E-state index in [1.165, 1.54) is 14.2 Å². The van der Waals surface area contributed by atoms with Gasteiger partial charge in [-0.1, -0.05) is 16.8 Å². The molecule has 1 aromatic carbocycles. The number of methoxy groups -OCH3 is 2. The van der Waals surface area contributed by atoms with Gasteiger partial charge in [-0.3, -0.25) is 4.79 Å². The van der Waals surface area contributed by atoms with E-state index in [1.54, 1.807) is 18.2 Å². The first kappa shape index (κ1) is 17.4. The number of nitrogens with zero attached hydrogens (tertiary/aromatic N) is 2. The number of nitrogens with one attached hydrogen (secondary N) is 1. The van der Waals surface area contributed by atoms with Crippen LogP contribution in [0.5, 0.6) is 11.5 Å². The average Bonchev–Trinajstić information content (AvgIpc) is 3.13. The van der Waals surface area contributed by atoms with Crippen molar-refractivity contribution < 1.29 is 23.5 Å². The zero-order valence-electron chi connectivity index (χ0n) is 13.9. The predicted molar refractivity (Wildman–Crippen MR) is 92.0 cm³/mol. The number of hydrogen-bond donors (Lipinski definition) is 1. The fourth-order valence-corrected chi connectivity index (χ4v) is 2.68. The maximum Gasteiger partial charge on any atom is 0.278 e. The molecule has 0 unspecified atom stereocenters. The summed E-state index contributed by atoms with van der Waals surface area (Å²) in [6.07, 6.45) is 0. The molecule has 134 valence electrons. The van der Waals surface area contributed by atoms with E-state index in [2.05, 4.69) is 10.5 Å². The normalized spacial score (nSPS) is 14.3. The third-order valence-electron chi connectivity index (χ3n) is 3.78. The Labute approximate surface area is 149 Å². The molecule has 3 rings (SSSR count). The number of benzene rings is 1. The van der Waals surface area contributed by atoms with E-state index >= 15 is 0 Å². The molecule has 1 saturated heterocycles. The molecule has 8 nitrogen and oxygen atoms in total. The largest absolute Gasteiger partial charge is 0.495 e. The summed E-state index contributed by atoms with van der Waals surface area (Å²) >= 11 is 6.06. The Hall–Kier alpha value is -2.45. The first-order valence-electron chi connectivity index (χ1n) is 7.64. The summed E-state index contributed by atoms with van der Waals surface area (Å²) in [7, 11) is 2.98. The Balaban J connectivity index is 1.77. The lowest BCUT2D eigenvalue weighted by Crippen LogP contribution is -2.35. The molecule has 1 aliphatic rings. The highest BCUT2D eigenvalue weighted by atomic mass is 35.5. The quantitative estimate of drug-likeness (QED) is 0.868. The smallest absolute Gasteiger partial charge is 0.278 e. The van der Waals surface area contributed by atoms with Gasteiger partial charge in [0.2, 0.25) is 5.88 Å². The van der Waals surface area contributed by atoms with Gasteiger partial charge in [-0.05, 0) is 0 Å². The van der Waals surface area contributed by atoms with Crippen LogP contribution in [0.25, 0.3) is 0 Å². The van der Waals surface area contributed by atoms with Crippen molar-refractivity contribution >= 4 is 29.1 Å². The zero-order chi connectivity index (χ0) is 17.8. The number of ether oxygens (including phenoxy) is 3. The van der Waals surface area contributed by atoms with Crippen LogP contribution < -0.4 is 19.7 Å². The fraction of sp³-hybridized carbons (Fsp3) is 0.375. The van der Waals surface area contributed by atoms with Crippen molar-refractivity contribution in [2.24, 2.45) is 0 Å². The lowest BCUT2D eigenvalue weighted by molar-refractivity contribution is 0.101. The van der Waals surface area contributed by atoms with Gasteiger partial charge in [0.15, 0.2) is 5.69 Å². The molecule has 1 aliphatic heterocycles. The number of carbonyl (C=O) groups excluding carboxylic acids is 1. The van der Waals surface area contributed by atoms with Gasteiger partial charge in [0, 0.05) is 31.3 Å². The van der Waals surface area contributed by atoms with Crippen LogP contribution in [0.15, 0.2) is 22.7 Å². The molecular formula is C16H18ClN3O5. The molecule has 0 aliphatic carbocycles. The van der Waals surface area contributed by atoms with Crippen molar-refractivity contribution in [1.82, 2.24) is 5.16 Å². The summed E-state index contributed by atoms with van der Waals surface area (Å²) in [5.41, 5.74) is 0.585. The van der Waals surface area contributed by atoms with Gasteiger partial charge < -0.3 is 29.0 Å². The van der Waals surface area contributed by atoms with Gasteiger partial charge in [-0.15, -0.1) is 0 Å². The van der Waals surface area contributed by atoms with E-state index in [0.29, 0.717) is 54.4 Å². The van der Waals surface area contributed by atoms with Crippen LogP contribution in [-0.4, -0.2) is 51.6 Å². The van der Waals surface area contributed by atoms with Gasteiger partial charge in [-0.25, -0.2) is 0 Å². The van der Waals surface area contributed by atoms with E-state index in [9.17, 15) is 4.79 Å². The first-order valence-corrected chi connectivity index (χ1v) is 8.02. The third kappa shape index (κ3) is 3.80. The summed E-state index contributed by atoms with van der Waals surface area (Å²) in [4.78, 5) is 14.4. The minimum Gasteiger partial charge on any atom is -0.495 e. The van der Waals surface area contributed by atoms with Crippen LogP contribution in [0.4, 0.5) is 11.6 Å². The number of aromatic nitrogens is 1. The minimum absolute atomic E-state index is 0.164. The molecule has 9 heteroatoms. The van der Waals surface area contributed by atoms with Gasteiger partial charge >= 0.3 is 0 Å². The van der Waals surface area contributed by atoms with Gasteiger partial charge in [0.25, 0.3) is 5.91 Å². The van der Waals surface area contributed by atoms with Crippen molar-refractivity contribution in [3.05, 3.63) is 28.9 Å². The van der Waals surface area contributed by atoms with Gasteiger partial charge in [0.1, 0.15) is 11.5 Å². The highest BCUT2D eigenvalue weighted by Gasteiger charge is 2.20. The maximum absolute atomic E-state index is 12.5. The van der Waals surface area contributed by atoms with E-state index in [4.69, 9.17) is 30.3 Å². The highest BCUT2D eigenvalue weighted by Crippen LogP contribution is 2.36. The SMILES string of the molecule is COc1cc(NC(=O)c2cc(N3CCOCC3)on2)c(OC)cc1Cl. The molecule has 0 bridgehead atoms. The Morgan fingerprint density at radius 3 is 2.60 bits per heavy atom. The first-order chi connectivity index (χ1) is 12.1. The van der Waals surface area contributed by atoms with Gasteiger partial charge in [-0.2, -0.15) is 0 Å². The van der Waals surface area contributed by atoms with Crippen molar-refractivity contribution in [3.8, 4) is 11.5 Å².